The molecular weight excluding hydrogens is 396 g/mol. The molecule has 3 heteroatoms. The first-order valence-corrected chi connectivity index (χ1v) is 10.9. The van der Waals surface area contributed by atoms with E-state index in [2.05, 4.69) is 36.4 Å². The van der Waals surface area contributed by atoms with E-state index < -0.39 is 0 Å². The molecule has 3 aromatic carbocycles. The molecule has 0 aliphatic carbocycles. The second kappa shape index (κ2) is 10.5. The van der Waals surface area contributed by atoms with Gasteiger partial charge in [-0.2, -0.15) is 0 Å². The molecule has 0 unspecified atom stereocenters. The van der Waals surface area contributed by atoms with Crippen LogP contribution in [-0.2, 0) is 0 Å². The van der Waals surface area contributed by atoms with Crippen molar-refractivity contribution in [1.29, 1.82) is 0 Å². The van der Waals surface area contributed by atoms with E-state index in [1.165, 1.54) is 0 Å². The molecule has 1 heterocycles. The van der Waals surface area contributed by atoms with Gasteiger partial charge in [0.2, 0.25) is 0 Å². The molecule has 0 amide bonds. The van der Waals surface area contributed by atoms with Gasteiger partial charge in [0.1, 0.15) is 0 Å². The van der Waals surface area contributed by atoms with Crippen molar-refractivity contribution < 1.29 is 13.9 Å². The van der Waals surface area contributed by atoms with Crippen molar-refractivity contribution in [3.05, 3.63) is 102 Å². The SMILES string of the molecule is CCOc1ccc(C=Cc2cc(-c3ccccc3)cc(-c3ccccc3)[o+]2)cc1OCC. The van der Waals surface area contributed by atoms with Gasteiger partial charge >= 0.3 is 11.5 Å². The summed E-state index contributed by atoms with van der Waals surface area (Å²) in [5, 5.41) is 0. The van der Waals surface area contributed by atoms with Gasteiger partial charge in [0, 0.05) is 11.6 Å². The minimum Gasteiger partial charge on any atom is -0.490 e. The lowest BCUT2D eigenvalue weighted by atomic mass is 10.0. The van der Waals surface area contributed by atoms with Gasteiger partial charge in [-0.1, -0.05) is 54.6 Å². The first-order chi connectivity index (χ1) is 15.8. The Morgan fingerprint density at radius 2 is 1.28 bits per heavy atom. The van der Waals surface area contributed by atoms with Crippen LogP contribution in [0.1, 0.15) is 25.2 Å². The lowest BCUT2D eigenvalue weighted by molar-refractivity contribution is 0.287. The molecule has 160 valence electrons. The average Bonchev–Trinajstić information content (AvgIpc) is 2.85. The van der Waals surface area contributed by atoms with E-state index in [1.54, 1.807) is 0 Å². The van der Waals surface area contributed by atoms with Gasteiger partial charge in [-0.3, -0.25) is 0 Å². The molecular formula is C29H27O3+. The third-order valence-electron chi connectivity index (χ3n) is 4.99. The highest BCUT2D eigenvalue weighted by atomic mass is 16.5. The predicted octanol–water partition coefficient (Wildman–Crippen LogP) is 7.86. The number of ether oxygens (including phenoxy) is 2. The van der Waals surface area contributed by atoms with Gasteiger partial charge in [-0.05, 0) is 55.3 Å². The van der Waals surface area contributed by atoms with Crippen LogP contribution in [0.25, 0.3) is 34.6 Å². The fraction of sp³-hybridized carbons (Fsp3) is 0.138. The number of rotatable bonds is 8. The van der Waals surface area contributed by atoms with Crippen molar-refractivity contribution in [1.82, 2.24) is 0 Å². The first kappa shape index (κ1) is 21.4. The first-order valence-electron chi connectivity index (χ1n) is 10.9. The van der Waals surface area contributed by atoms with Crippen LogP contribution in [-0.4, -0.2) is 13.2 Å². The third kappa shape index (κ3) is 5.25. The van der Waals surface area contributed by atoms with Gasteiger partial charge in [0.05, 0.1) is 30.9 Å². The molecule has 0 radical (unpaired) electrons. The second-order valence-corrected chi connectivity index (χ2v) is 7.25. The summed E-state index contributed by atoms with van der Waals surface area (Å²) in [6, 6.07) is 30.6. The van der Waals surface area contributed by atoms with Crippen LogP contribution in [0.4, 0.5) is 0 Å². The number of hydrogen-bond donors (Lipinski definition) is 0. The van der Waals surface area contributed by atoms with Gasteiger partial charge in [0.25, 0.3) is 0 Å². The van der Waals surface area contributed by atoms with E-state index in [0.717, 1.165) is 45.3 Å². The van der Waals surface area contributed by atoms with Gasteiger partial charge in [0.15, 0.2) is 11.5 Å². The van der Waals surface area contributed by atoms with Crippen molar-refractivity contribution in [2.45, 2.75) is 13.8 Å². The highest BCUT2D eigenvalue weighted by Gasteiger charge is 2.17. The summed E-state index contributed by atoms with van der Waals surface area (Å²) >= 11 is 0. The van der Waals surface area contributed by atoms with E-state index in [4.69, 9.17) is 13.9 Å². The van der Waals surface area contributed by atoms with Crippen molar-refractivity contribution >= 4 is 12.2 Å². The van der Waals surface area contributed by atoms with E-state index >= 15 is 0 Å². The standard InChI is InChI=1S/C29H27O3/c1-3-30-27-18-16-22(19-29(27)31-4-2)15-17-26-20-25(23-11-7-5-8-12-23)21-28(32-26)24-13-9-6-10-14-24/h5-21H,3-4H2,1-2H3/q+1. The maximum absolute atomic E-state index is 6.24. The third-order valence-corrected chi connectivity index (χ3v) is 4.99. The lowest BCUT2D eigenvalue weighted by Crippen LogP contribution is -1.98. The topological polar surface area (TPSA) is 29.8 Å². The fourth-order valence-corrected chi connectivity index (χ4v) is 3.50. The molecule has 0 N–H and O–H groups in total. The van der Waals surface area contributed by atoms with Gasteiger partial charge < -0.3 is 9.47 Å². The molecule has 0 aliphatic heterocycles. The van der Waals surface area contributed by atoms with E-state index in [0.29, 0.717) is 13.2 Å². The Labute approximate surface area is 189 Å². The Kier molecular flexibility index (Phi) is 6.98. The summed E-state index contributed by atoms with van der Waals surface area (Å²) in [4.78, 5) is 0. The summed E-state index contributed by atoms with van der Waals surface area (Å²) in [7, 11) is 0. The van der Waals surface area contributed by atoms with Crippen LogP contribution in [0.2, 0.25) is 0 Å². The van der Waals surface area contributed by atoms with Gasteiger partial charge in [-0.15, -0.1) is 0 Å². The smallest absolute Gasteiger partial charge is 0.361 e. The zero-order valence-corrected chi connectivity index (χ0v) is 18.5. The zero-order valence-electron chi connectivity index (χ0n) is 18.5. The Morgan fingerprint density at radius 3 is 1.97 bits per heavy atom. The largest absolute Gasteiger partial charge is 0.490 e. The molecule has 0 fully saturated rings. The molecule has 3 nitrogen and oxygen atoms in total. The van der Waals surface area contributed by atoms with Crippen molar-refractivity contribution in [3.8, 4) is 33.9 Å². The summed E-state index contributed by atoms with van der Waals surface area (Å²) in [5.41, 5.74) is 4.31. The van der Waals surface area contributed by atoms with E-state index in [9.17, 15) is 0 Å². The van der Waals surface area contributed by atoms with E-state index in [1.807, 2.05) is 80.6 Å². The maximum atomic E-state index is 6.24. The quantitative estimate of drug-likeness (QED) is 0.270. The average molecular weight is 424 g/mol. The van der Waals surface area contributed by atoms with Crippen LogP contribution >= 0.6 is 0 Å². The molecule has 0 saturated heterocycles. The van der Waals surface area contributed by atoms with E-state index in [-0.39, 0.29) is 0 Å². The Bertz CT molecular complexity index is 1120. The molecule has 0 atom stereocenters. The molecule has 0 aliphatic rings. The molecule has 0 spiro atoms. The fourth-order valence-electron chi connectivity index (χ4n) is 3.50. The Hall–Kier alpha value is -3.85. The predicted molar refractivity (Wildman–Crippen MR) is 132 cm³/mol. The summed E-state index contributed by atoms with van der Waals surface area (Å²) < 4.78 is 17.7. The molecule has 4 rings (SSSR count). The maximum Gasteiger partial charge on any atom is 0.361 e. The number of benzene rings is 3. The van der Waals surface area contributed by atoms with Crippen molar-refractivity contribution in [3.63, 3.8) is 0 Å². The Morgan fingerprint density at radius 1 is 0.625 bits per heavy atom. The zero-order chi connectivity index (χ0) is 22.2. The van der Waals surface area contributed by atoms with Crippen LogP contribution < -0.4 is 9.47 Å². The summed E-state index contributed by atoms with van der Waals surface area (Å²) in [6.45, 7) is 5.12. The molecule has 0 saturated carbocycles. The van der Waals surface area contributed by atoms with Crippen LogP contribution in [0.3, 0.4) is 0 Å². The summed E-state index contributed by atoms with van der Waals surface area (Å²) in [6.07, 6.45) is 4.02. The monoisotopic (exact) mass is 423 g/mol. The number of hydrogen-bond acceptors (Lipinski definition) is 2. The van der Waals surface area contributed by atoms with Crippen LogP contribution in [0, 0.1) is 0 Å². The highest BCUT2D eigenvalue weighted by Crippen LogP contribution is 2.31. The highest BCUT2D eigenvalue weighted by molar-refractivity contribution is 5.75. The Balaban J connectivity index is 1.71. The molecule has 0 bridgehead atoms. The van der Waals surface area contributed by atoms with Crippen molar-refractivity contribution in [2.75, 3.05) is 13.2 Å². The summed E-state index contributed by atoms with van der Waals surface area (Å²) in [5.74, 6) is 3.11. The van der Waals surface area contributed by atoms with Gasteiger partial charge in [-0.25, -0.2) is 4.42 Å². The minimum absolute atomic E-state index is 0.585. The molecule has 32 heavy (non-hydrogen) atoms. The van der Waals surface area contributed by atoms with Crippen molar-refractivity contribution in [2.24, 2.45) is 0 Å². The van der Waals surface area contributed by atoms with Crippen LogP contribution in [0.5, 0.6) is 11.5 Å². The van der Waals surface area contributed by atoms with Crippen LogP contribution in [0.15, 0.2) is 95.4 Å². The normalized spacial score (nSPS) is 10.9. The molecule has 4 aromatic rings. The second-order valence-electron chi connectivity index (χ2n) is 7.25. The minimum atomic E-state index is 0.585. The lowest BCUT2D eigenvalue weighted by Gasteiger charge is -2.11. The molecule has 1 aromatic heterocycles.